The summed E-state index contributed by atoms with van der Waals surface area (Å²) < 4.78 is 5.29. The number of carbonyl (C=O) groups is 1. The zero-order valence-corrected chi connectivity index (χ0v) is 14.2. The van der Waals surface area contributed by atoms with Gasteiger partial charge in [0.15, 0.2) is 0 Å². The maximum atomic E-state index is 11.7. The summed E-state index contributed by atoms with van der Waals surface area (Å²) in [5.74, 6) is 1.71. The highest BCUT2D eigenvalue weighted by atomic mass is 16.6. The van der Waals surface area contributed by atoms with Crippen LogP contribution >= 0.6 is 0 Å². The van der Waals surface area contributed by atoms with Crippen molar-refractivity contribution < 1.29 is 9.53 Å². The van der Waals surface area contributed by atoms with Gasteiger partial charge in [0.25, 0.3) is 0 Å². The monoisotopic (exact) mass is 296 g/mol. The summed E-state index contributed by atoms with van der Waals surface area (Å²) in [6, 6.07) is 1.33. The summed E-state index contributed by atoms with van der Waals surface area (Å²) in [7, 11) is 0. The van der Waals surface area contributed by atoms with Crippen LogP contribution in [0.4, 0.5) is 4.79 Å². The highest BCUT2D eigenvalue weighted by molar-refractivity contribution is 5.68. The quantitative estimate of drug-likeness (QED) is 0.835. The molecule has 1 amide bonds. The molecule has 0 aromatic heterocycles. The van der Waals surface area contributed by atoms with Crippen LogP contribution in [-0.2, 0) is 4.74 Å². The van der Waals surface area contributed by atoms with E-state index < -0.39 is 5.60 Å². The maximum absolute atomic E-state index is 11.7. The molecule has 0 spiro atoms. The molecule has 122 valence electrons. The molecule has 0 aromatic rings. The second-order valence-corrected chi connectivity index (χ2v) is 8.12. The molecule has 4 heteroatoms. The summed E-state index contributed by atoms with van der Waals surface area (Å²) in [6.45, 7) is 10.3. The Morgan fingerprint density at radius 2 is 1.71 bits per heavy atom. The largest absolute Gasteiger partial charge is 0.444 e. The van der Waals surface area contributed by atoms with Gasteiger partial charge in [0.2, 0.25) is 0 Å². The van der Waals surface area contributed by atoms with Gasteiger partial charge in [-0.25, -0.2) is 4.79 Å². The van der Waals surface area contributed by atoms with Crippen LogP contribution in [0.15, 0.2) is 0 Å². The van der Waals surface area contributed by atoms with Gasteiger partial charge in [0, 0.05) is 18.1 Å². The number of rotatable bonds is 4. The Bertz CT molecular complexity index is 354. The summed E-state index contributed by atoms with van der Waals surface area (Å²) >= 11 is 0. The molecular formula is C17H32N2O2. The third-order valence-electron chi connectivity index (χ3n) is 4.66. The lowest BCUT2D eigenvalue weighted by atomic mass is 9.80. The summed E-state index contributed by atoms with van der Waals surface area (Å²) in [6.07, 6.45) is 5.97. The first kappa shape index (κ1) is 16.6. The Balaban J connectivity index is 1.63. The molecular weight excluding hydrogens is 264 g/mol. The normalized spacial score (nSPS) is 32.9. The Hall–Kier alpha value is -0.770. The SMILES string of the molecule is CC(C)C1CCC(NC2CC2NC(=O)OC(C)(C)C)CC1. The summed E-state index contributed by atoms with van der Waals surface area (Å²) in [4.78, 5) is 11.7. The van der Waals surface area contributed by atoms with Crippen molar-refractivity contribution in [3.8, 4) is 0 Å². The summed E-state index contributed by atoms with van der Waals surface area (Å²) in [5.41, 5.74) is -0.420. The zero-order chi connectivity index (χ0) is 15.6. The van der Waals surface area contributed by atoms with Crippen LogP contribution in [0.25, 0.3) is 0 Å². The number of hydrogen-bond acceptors (Lipinski definition) is 3. The molecule has 4 nitrogen and oxygen atoms in total. The fraction of sp³-hybridized carbons (Fsp3) is 0.941. The molecule has 0 bridgehead atoms. The van der Waals surface area contributed by atoms with Crippen LogP contribution in [0, 0.1) is 11.8 Å². The van der Waals surface area contributed by atoms with Crippen molar-refractivity contribution in [3.63, 3.8) is 0 Å². The fourth-order valence-electron chi connectivity index (χ4n) is 3.25. The first-order valence-corrected chi connectivity index (χ1v) is 8.50. The smallest absolute Gasteiger partial charge is 0.407 e. The van der Waals surface area contributed by atoms with Crippen molar-refractivity contribution in [2.24, 2.45) is 11.8 Å². The Labute approximate surface area is 129 Å². The van der Waals surface area contributed by atoms with Crippen molar-refractivity contribution in [2.75, 3.05) is 0 Å². The van der Waals surface area contributed by atoms with E-state index in [9.17, 15) is 4.79 Å². The van der Waals surface area contributed by atoms with E-state index in [-0.39, 0.29) is 12.1 Å². The molecule has 2 rings (SSSR count). The van der Waals surface area contributed by atoms with Gasteiger partial charge < -0.3 is 15.4 Å². The number of hydrogen-bond donors (Lipinski definition) is 2. The third-order valence-corrected chi connectivity index (χ3v) is 4.66. The van der Waals surface area contributed by atoms with Crippen LogP contribution in [0.1, 0.15) is 66.7 Å². The van der Waals surface area contributed by atoms with Crippen LogP contribution in [0.2, 0.25) is 0 Å². The Morgan fingerprint density at radius 1 is 1.10 bits per heavy atom. The second kappa shape index (κ2) is 6.55. The lowest BCUT2D eigenvalue weighted by molar-refractivity contribution is 0.0521. The van der Waals surface area contributed by atoms with Gasteiger partial charge in [-0.15, -0.1) is 0 Å². The van der Waals surface area contributed by atoms with Crippen molar-refractivity contribution >= 4 is 6.09 Å². The lowest BCUT2D eigenvalue weighted by Crippen LogP contribution is -2.40. The minimum Gasteiger partial charge on any atom is -0.444 e. The van der Waals surface area contributed by atoms with Crippen LogP contribution in [0.5, 0.6) is 0 Å². The van der Waals surface area contributed by atoms with Gasteiger partial charge in [-0.1, -0.05) is 13.8 Å². The van der Waals surface area contributed by atoms with E-state index in [2.05, 4.69) is 24.5 Å². The molecule has 2 saturated carbocycles. The molecule has 2 fully saturated rings. The van der Waals surface area contributed by atoms with E-state index in [1.54, 1.807) is 0 Å². The van der Waals surface area contributed by atoms with Gasteiger partial charge >= 0.3 is 6.09 Å². The van der Waals surface area contributed by atoms with Crippen LogP contribution < -0.4 is 10.6 Å². The van der Waals surface area contributed by atoms with Gasteiger partial charge in [0.05, 0.1) is 0 Å². The van der Waals surface area contributed by atoms with E-state index in [0.29, 0.717) is 12.1 Å². The molecule has 0 aromatic carbocycles. The lowest BCUT2D eigenvalue weighted by Gasteiger charge is -2.31. The Kier molecular flexibility index (Phi) is 5.18. The van der Waals surface area contributed by atoms with Gasteiger partial charge in [0.1, 0.15) is 5.60 Å². The molecule has 2 N–H and O–H groups in total. The number of alkyl carbamates (subject to hydrolysis) is 1. The standard InChI is InChI=1S/C17H32N2O2/c1-11(2)12-6-8-13(9-7-12)18-14-10-15(14)19-16(20)21-17(3,4)5/h11-15,18H,6-10H2,1-5H3,(H,19,20). The highest BCUT2D eigenvalue weighted by Gasteiger charge is 2.40. The molecule has 21 heavy (non-hydrogen) atoms. The molecule has 0 radical (unpaired) electrons. The minimum atomic E-state index is -0.420. The zero-order valence-electron chi connectivity index (χ0n) is 14.2. The first-order chi connectivity index (χ1) is 9.74. The molecule has 2 aliphatic carbocycles. The first-order valence-electron chi connectivity index (χ1n) is 8.50. The molecule has 2 aliphatic rings. The van der Waals surface area contributed by atoms with Gasteiger partial charge in [-0.3, -0.25) is 0 Å². The van der Waals surface area contributed by atoms with Crippen molar-refractivity contribution in [3.05, 3.63) is 0 Å². The number of nitrogens with one attached hydrogen (secondary N) is 2. The molecule has 0 saturated heterocycles. The van der Waals surface area contributed by atoms with E-state index in [1.807, 2.05) is 20.8 Å². The molecule has 2 unspecified atom stereocenters. The van der Waals surface area contributed by atoms with E-state index in [4.69, 9.17) is 4.74 Å². The van der Waals surface area contributed by atoms with Gasteiger partial charge in [-0.2, -0.15) is 0 Å². The molecule has 2 atom stereocenters. The van der Waals surface area contributed by atoms with Crippen molar-refractivity contribution in [1.82, 2.24) is 10.6 Å². The third kappa shape index (κ3) is 5.50. The average molecular weight is 296 g/mol. The second-order valence-electron chi connectivity index (χ2n) is 8.12. The molecule has 0 heterocycles. The van der Waals surface area contributed by atoms with E-state index >= 15 is 0 Å². The average Bonchev–Trinajstić information content (AvgIpc) is 3.05. The van der Waals surface area contributed by atoms with E-state index in [1.165, 1.54) is 25.7 Å². The highest BCUT2D eigenvalue weighted by Crippen LogP contribution is 2.32. The maximum Gasteiger partial charge on any atom is 0.407 e. The number of amides is 1. The topological polar surface area (TPSA) is 50.4 Å². The molecule has 0 aliphatic heterocycles. The summed E-state index contributed by atoms with van der Waals surface area (Å²) in [5, 5.41) is 6.65. The van der Waals surface area contributed by atoms with Crippen LogP contribution in [0.3, 0.4) is 0 Å². The Morgan fingerprint density at radius 3 is 2.24 bits per heavy atom. The predicted molar refractivity (Wildman–Crippen MR) is 85.3 cm³/mol. The minimum absolute atomic E-state index is 0.252. The van der Waals surface area contributed by atoms with Crippen LogP contribution in [-0.4, -0.2) is 29.8 Å². The van der Waals surface area contributed by atoms with E-state index in [0.717, 1.165) is 18.3 Å². The number of carbonyl (C=O) groups excluding carboxylic acids is 1. The number of ether oxygens (including phenoxy) is 1. The van der Waals surface area contributed by atoms with Crippen molar-refractivity contribution in [1.29, 1.82) is 0 Å². The fourth-order valence-corrected chi connectivity index (χ4v) is 3.25. The van der Waals surface area contributed by atoms with Gasteiger partial charge in [-0.05, 0) is 64.7 Å². The van der Waals surface area contributed by atoms with Crippen molar-refractivity contribution in [2.45, 2.75) is 90.4 Å². The predicted octanol–water partition coefficient (Wildman–Crippen LogP) is 3.46.